The Morgan fingerprint density at radius 1 is 1.17 bits per heavy atom. The lowest BCUT2D eigenvalue weighted by molar-refractivity contribution is -0.118. The van der Waals surface area contributed by atoms with Gasteiger partial charge in [-0.1, -0.05) is 44.2 Å². The Labute approximate surface area is 140 Å². The topological polar surface area (TPSA) is 50.4 Å². The summed E-state index contributed by atoms with van der Waals surface area (Å²) in [6.07, 6.45) is 8.87. The minimum Gasteiger partial charge on any atom is -0.492 e. The lowest BCUT2D eigenvalue weighted by atomic mass is 9.96. The van der Waals surface area contributed by atoms with E-state index in [1.807, 2.05) is 38.1 Å². The van der Waals surface area contributed by atoms with Crippen LogP contribution in [-0.2, 0) is 4.79 Å². The van der Waals surface area contributed by atoms with Gasteiger partial charge < -0.3 is 15.4 Å². The van der Waals surface area contributed by atoms with Gasteiger partial charge in [0.15, 0.2) is 0 Å². The Morgan fingerprint density at radius 2 is 1.83 bits per heavy atom. The smallest absolute Gasteiger partial charge is 0.241 e. The van der Waals surface area contributed by atoms with E-state index in [-0.39, 0.29) is 11.9 Å². The van der Waals surface area contributed by atoms with Gasteiger partial charge in [-0.15, -0.1) is 0 Å². The third-order valence-electron chi connectivity index (χ3n) is 4.43. The fraction of sp³-hybridized carbons (Fsp3) is 0.632. The Kier molecular flexibility index (Phi) is 7.40. The highest BCUT2D eigenvalue weighted by Gasteiger charge is 2.19. The summed E-state index contributed by atoms with van der Waals surface area (Å²) in [7, 11) is 0. The van der Waals surface area contributed by atoms with Crippen LogP contribution in [0.2, 0.25) is 0 Å². The zero-order valence-corrected chi connectivity index (χ0v) is 14.4. The molecule has 1 atom stereocenters. The average Bonchev–Trinajstić information content (AvgIpc) is 2.52. The number of hydrogen-bond acceptors (Lipinski definition) is 3. The molecule has 0 spiro atoms. The Morgan fingerprint density at radius 3 is 2.52 bits per heavy atom. The number of hydrogen-bond donors (Lipinski definition) is 2. The summed E-state index contributed by atoms with van der Waals surface area (Å²) in [5, 5.41) is 6.49. The van der Waals surface area contributed by atoms with Crippen LogP contribution in [0.3, 0.4) is 0 Å². The molecule has 0 aromatic heterocycles. The molecule has 0 bridgehead atoms. The molecule has 1 aliphatic carbocycles. The van der Waals surface area contributed by atoms with Crippen LogP contribution in [0.1, 0.15) is 58.8 Å². The molecule has 128 valence electrons. The van der Waals surface area contributed by atoms with Crippen LogP contribution < -0.4 is 15.4 Å². The van der Waals surface area contributed by atoms with Crippen LogP contribution in [0.4, 0.5) is 5.69 Å². The first-order chi connectivity index (χ1) is 11.2. The Bertz CT molecular complexity index is 482. The maximum Gasteiger partial charge on any atom is 0.241 e. The van der Waals surface area contributed by atoms with Crippen molar-refractivity contribution in [2.75, 3.05) is 11.9 Å². The molecule has 1 saturated carbocycles. The van der Waals surface area contributed by atoms with Crippen LogP contribution in [-0.4, -0.2) is 24.6 Å². The maximum atomic E-state index is 12.5. The van der Waals surface area contributed by atoms with Gasteiger partial charge in [-0.25, -0.2) is 0 Å². The van der Waals surface area contributed by atoms with Crippen molar-refractivity contribution in [3.05, 3.63) is 24.3 Å². The monoisotopic (exact) mass is 318 g/mol. The van der Waals surface area contributed by atoms with Crippen molar-refractivity contribution in [1.29, 1.82) is 0 Å². The molecule has 23 heavy (non-hydrogen) atoms. The number of carbonyl (C=O) groups excluding carboxylic acids is 1. The van der Waals surface area contributed by atoms with E-state index in [1.54, 1.807) is 0 Å². The van der Waals surface area contributed by atoms with Crippen molar-refractivity contribution < 1.29 is 9.53 Å². The number of anilines is 1. The number of para-hydroxylation sites is 2. The zero-order valence-electron chi connectivity index (χ0n) is 14.4. The van der Waals surface area contributed by atoms with E-state index in [1.165, 1.54) is 44.9 Å². The first-order valence-corrected chi connectivity index (χ1v) is 8.99. The molecule has 1 amide bonds. The van der Waals surface area contributed by atoms with Gasteiger partial charge in [0.05, 0.1) is 18.3 Å². The Hall–Kier alpha value is -1.55. The van der Waals surface area contributed by atoms with Gasteiger partial charge in [0.1, 0.15) is 5.75 Å². The van der Waals surface area contributed by atoms with E-state index in [0.29, 0.717) is 12.6 Å². The van der Waals surface area contributed by atoms with Crippen molar-refractivity contribution in [2.24, 2.45) is 0 Å². The lowest BCUT2D eigenvalue weighted by Crippen LogP contribution is -2.44. The third kappa shape index (κ3) is 5.87. The van der Waals surface area contributed by atoms with Crippen LogP contribution >= 0.6 is 0 Å². The van der Waals surface area contributed by atoms with Gasteiger partial charge in [0, 0.05) is 6.04 Å². The molecule has 0 heterocycles. The van der Waals surface area contributed by atoms with Gasteiger partial charge in [-0.3, -0.25) is 4.79 Å². The molecule has 0 saturated heterocycles. The van der Waals surface area contributed by atoms with E-state index in [4.69, 9.17) is 4.74 Å². The first kappa shape index (κ1) is 17.8. The van der Waals surface area contributed by atoms with Crippen LogP contribution in [0.15, 0.2) is 24.3 Å². The first-order valence-electron chi connectivity index (χ1n) is 8.99. The number of nitrogens with one attached hydrogen (secondary N) is 2. The standard InChI is InChI=1S/C19H30N2O2/c1-3-23-18-14-10-9-13-17(18)21-19(22)15(2)20-16-11-7-5-4-6-8-12-16/h9-10,13-16,20H,3-8,11-12H2,1-2H3,(H,21,22)/t15-/m0/s1. The molecule has 0 unspecified atom stereocenters. The fourth-order valence-electron chi connectivity index (χ4n) is 3.14. The summed E-state index contributed by atoms with van der Waals surface area (Å²) < 4.78 is 5.56. The molecular formula is C19H30N2O2. The van der Waals surface area contributed by atoms with Gasteiger partial charge in [-0.05, 0) is 38.8 Å². The molecule has 1 aliphatic rings. The highest BCUT2D eigenvalue weighted by Crippen LogP contribution is 2.24. The van der Waals surface area contributed by atoms with Crippen LogP contribution in [0, 0.1) is 0 Å². The molecular weight excluding hydrogens is 288 g/mol. The Balaban J connectivity index is 1.89. The van der Waals surface area contributed by atoms with Crippen molar-refractivity contribution in [3.8, 4) is 5.75 Å². The molecule has 2 N–H and O–H groups in total. The van der Waals surface area contributed by atoms with Crippen LogP contribution in [0.25, 0.3) is 0 Å². The van der Waals surface area contributed by atoms with Gasteiger partial charge in [0.2, 0.25) is 5.91 Å². The highest BCUT2D eigenvalue weighted by molar-refractivity contribution is 5.95. The van der Waals surface area contributed by atoms with Crippen molar-refractivity contribution in [1.82, 2.24) is 5.32 Å². The largest absolute Gasteiger partial charge is 0.492 e. The number of rotatable bonds is 6. The second kappa shape index (κ2) is 9.56. The molecule has 1 fully saturated rings. The summed E-state index contributed by atoms with van der Waals surface area (Å²) in [5.74, 6) is 0.723. The second-order valence-corrected chi connectivity index (χ2v) is 6.35. The van der Waals surface area contributed by atoms with E-state index >= 15 is 0 Å². The summed E-state index contributed by atoms with van der Waals surface area (Å²) in [5.41, 5.74) is 0.741. The fourth-order valence-corrected chi connectivity index (χ4v) is 3.14. The normalized spacial score (nSPS) is 17.8. The lowest BCUT2D eigenvalue weighted by Gasteiger charge is -2.25. The second-order valence-electron chi connectivity index (χ2n) is 6.35. The minimum atomic E-state index is -0.200. The molecule has 1 aromatic carbocycles. The van der Waals surface area contributed by atoms with Gasteiger partial charge in [-0.2, -0.15) is 0 Å². The average molecular weight is 318 g/mol. The van der Waals surface area contributed by atoms with Gasteiger partial charge >= 0.3 is 0 Å². The van der Waals surface area contributed by atoms with Crippen LogP contribution in [0.5, 0.6) is 5.75 Å². The van der Waals surface area contributed by atoms with E-state index in [9.17, 15) is 4.79 Å². The molecule has 4 nitrogen and oxygen atoms in total. The minimum absolute atomic E-state index is 0.000729. The summed E-state index contributed by atoms with van der Waals surface area (Å²) in [4.78, 5) is 12.5. The number of amides is 1. The van der Waals surface area contributed by atoms with Crippen molar-refractivity contribution in [2.45, 2.75) is 70.9 Å². The molecule has 0 radical (unpaired) electrons. The quantitative estimate of drug-likeness (QED) is 0.829. The third-order valence-corrected chi connectivity index (χ3v) is 4.43. The molecule has 1 aromatic rings. The SMILES string of the molecule is CCOc1ccccc1NC(=O)[C@H](C)NC1CCCCCCC1. The summed E-state index contributed by atoms with van der Waals surface area (Å²) in [6.45, 7) is 4.47. The van der Waals surface area contributed by atoms with E-state index < -0.39 is 0 Å². The van der Waals surface area contributed by atoms with Gasteiger partial charge in [0.25, 0.3) is 0 Å². The molecule has 2 rings (SSSR count). The van der Waals surface area contributed by atoms with Crippen molar-refractivity contribution in [3.63, 3.8) is 0 Å². The van der Waals surface area contributed by atoms with E-state index in [0.717, 1.165) is 11.4 Å². The molecule has 4 heteroatoms. The van der Waals surface area contributed by atoms with E-state index in [2.05, 4.69) is 10.6 Å². The molecule has 0 aliphatic heterocycles. The number of carbonyl (C=O) groups is 1. The highest BCUT2D eigenvalue weighted by atomic mass is 16.5. The van der Waals surface area contributed by atoms with Crippen molar-refractivity contribution >= 4 is 11.6 Å². The zero-order chi connectivity index (χ0) is 16.5. The predicted molar refractivity (Wildman–Crippen MR) is 94.9 cm³/mol. The summed E-state index contributed by atoms with van der Waals surface area (Å²) in [6, 6.07) is 7.84. The predicted octanol–water partition coefficient (Wildman–Crippen LogP) is 4.11. The number of ether oxygens (including phenoxy) is 1. The number of benzene rings is 1. The summed E-state index contributed by atoms with van der Waals surface area (Å²) >= 11 is 0. The maximum absolute atomic E-state index is 12.5.